The Morgan fingerprint density at radius 1 is 1.35 bits per heavy atom. The van der Waals surface area contributed by atoms with E-state index in [1.54, 1.807) is 10.9 Å². The average molecular weight is 298 g/mol. The van der Waals surface area contributed by atoms with Crippen LogP contribution in [0.25, 0.3) is 11.0 Å². The molecule has 3 rings (SSSR count). The summed E-state index contributed by atoms with van der Waals surface area (Å²) in [7, 11) is 2.40. The average Bonchev–Trinajstić information content (AvgIpc) is 2.92. The van der Waals surface area contributed by atoms with Crippen LogP contribution in [0.5, 0.6) is 0 Å². The quantitative estimate of drug-likeness (QED) is 0.429. The SMILES string of the molecule is O=c1[nH]cnc2c([C@H]3[C@H](O)[C@H](O)[C@@H](CO)N3P)c[nH]c12. The number of H-pyrrole nitrogens is 2. The van der Waals surface area contributed by atoms with E-state index >= 15 is 0 Å². The number of aromatic nitrogens is 3. The van der Waals surface area contributed by atoms with Gasteiger partial charge < -0.3 is 25.3 Å². The van der Waals surface area contributed by atoms with Gasteiger partial charge in [-0.1, -0.05) is 9.39 Å². The van der Waals surface area contributed by atoms with Crippen molar-refractivity contribution in [3.63, 3.8) is 0 Å². The smallest absolute Gasteiger partial charge is 0.275 e. The molecule has 2 aromatic heterocycles. The number of hydrogen-bond donors (Lipinski definition) is 5. The van der Waals surface area contributed by atoms with Crippen LogP contribution in [-0.4, -0.2) is 59.8 Å². The zero-order valence-electron chi connectivity index (χ0n) is 10.4. The minimum atomic E-state index is -1.08. The van der Waals surface area contributed by atoms with Crippen LogP contribution in [0.3, 0.4) is 0 Å². The maximum absolute atomic E-state index is 11.7. The zero-order valence-corrected chi connectivity index (χ0v) is 11.5. The largest absolute Gasteiger partial charge is 0.395 e. The Hall–Kier alpha value is -1.31. The van der Waals surface area contributed by atoms with Crippen molar-refractivity contribution in [1.82, 2.24) is 19.6 Å². The number of aromatic amines is 2. The molecule has 1 fully saturated rings. The van der Waals surface area contributed by atoms with Crippen molar-refractivity contribution in [1.29, 1.82) is 0 Å². The van der Waals surface area contributed by atoms with E-state index in [0.717, 1.165) is 0 Å². The van der Waals surface area contributed by atoms with Crippen molar-refractivity contribution in [3.05, 3.63) is 28.4 Å². The van der Waals surface area contributed by atoms with Crippen LogP contribution >= 0.6 is 9.39 Å². The molecule has 2 aromatic rings. The number of aliphatic hydroxyl groups is 3. The summed E-state index contributed by atoms with van der Waals surface area (Å²) < 4.78 is 1.61. The third kappa shape index (κ3) is 1.81. The highest BCUT2D eigenvalue weighted by atomic mass is 31.0. The molecule has 0 aromatic carbocycles. The minimum absolute atomic E-state index is 0.283. The van der Waals surface area contributed by atoms with E-state index in [9.17, 15) is 20.1 Å². The Kier molecular flexibility index (Phi) is 3.35. The van der Waals surface area contributed by atoms with Gasteiger partial charge in [0.25, 0.3) is 5.56 Å². The van der Waals surface area contributed by atoms with Gasteiger partial charge in [-0.2, -0.15) is 0 Å². The lowest BCUT2D eigenvalue weighted by atomic mass is 10.0. The summed E-state index contributed by atoms with van der Waals surface area (Å²) in [4.78, 5) is 21.1. The zero-order chi connectivity index (χ0) is 14.4. The first kappa shape index (κ1) is 13.7. The van der Waals surface area contributed by atoms with Gasteiger partial charge in [-0.25, -0.2) is 4.98 Å². The van der Waals surface area contributed by atoms with Crippen LogP contribution in [-0.2, 0) is 0 Å². The van der Waals surface area contributed by atoms with Crippen molar-refractivity contribution in [3.8, 4) is 0 Å². The fraction of sp³-hybridized carbons (Fsp3) is 0.455. The van der Waals surface area contributed by atoms with Crippen molar-refractivity contribution >= 4 is 20.4 Å². The van der Waals surface area contributed by atoms with Gasteiger partial charge in [0.1, 0.15) is 17.1 Å². The first-order valence-electron chi connectivity index (χ1n) is 6.11. The summed E-state index contributed by atoms with van der Waals surface area (Å²) in [6.07, 6.45) is 0.722. The predicted octanol–water partition coefficient (Wildman–Crippen LogP) is -1.52. The fourth-order valence-corrected chi connectivity index (χ4v) is 3.32. The summed E-state index contributed by atoms with van der Waals surface area (Å²) >= 11 is 0. The molecule has 5 atom stereocenters. The molecule has 0 saturated carbocycles. The molecular weight excluding hydrogens is 283 g/mol. The van der Waals surface area contributed by atoms with Crippen LogP contribution in [0.15, 0.2) is 17.3 Å². The van der Waals surface area contributed by atoms with Crippen LogP contribution in [0, 0.1) is 0 Å². The van der Waals surface area contributed by atoms with Gasteiger partial charge in [0.15, 0.2) is 0 Å². The molecule has 20 heavy (non-hydrogen) atoms. The van der Waals surface area contributed by atoms with Crippen molar-refractivity contribution in [2.24, 2.45) is 0 Å². The van der Waals surface area contributed by atoms with E-state index in [1.807, 2.05) is 0 Å². The lowest BCUT2D eigenvalue weighted by Crippen LogP contribution is -2.34. The monoisotopic (exact) mass is 298 g/mol. The van der Waals surface area contributed by atoms with Gasteiger partial charge in [0, 0.05) is 11.8 Å². The first-order valence-corrected chi connectivity index (χ1v) is 6.62. The number of aliphatic hydroxyl groups excluding tert-OH is 3. The van der Waals surface area contributed by atoms with E-state index in [-0.39, 0.29) is 12.2 Å². The maximum Gasteiger partial charge on any atom is 0.275 e. The molecule has 1 aliphatic heterocycles. The summed E-state index contributed by atoms with van der Waals surface area (Å²) in [5, 5.41) is 29.4. The van der Waals surface area contributed by atoms with Crippen molar-refractivity contribution < 1.29 is 15.3 Å². The molecule has 1 saturated heterocycles. The third-order valence-electron chi connectivity index (χ3n) is 3.78. The van der Waals surface area contributed by atoms with Crippen LogP contribution in [0.2, 0.25) is 0 Å². The molecule has 108 valence electrons. The van der Waals surface area contributed by atoms with E-state index in [1.165, 1.54) is 6.33 Å². The van der Waals surface area contributed by atoms with E-state index < -0.39 is 24.3 Å². The highest BCUT2D eigenvalue weighted by Gasteiger charge is 2.47. The Bertz CT molecular complexity index is 686. The molecule has 0 aliphatic carbocycles. The normalized spacial score (nSPS) is 31.2. The van der Waals surface area contributed by atoms with E-state index in [4.69, 9.17) is 0 Å². The van der Waals surface area contributed by atoms with Crippen LogP contribution in [0.1, 0.15) is 11.6 Å². The minimum Gasteiger partial charge on any atom is -0.395 e. The lowest BCUT2D eigenvalue weighted by molar-refractivity contribution is 0.0191. The maximum atomic E-state index is 11.7. The summed E-state index contributed by atoms with van der Waals surface area (Å²) in [6, 6.07) is -1.16. The number of nitrogens with one attached hydrogen (secondary N) is 2. The first-order chi connectivity index (χ1) is 9.56. The highest BCUT2D eigenvalue weighted by Crippen LogP contribution is 2.40. The Morgan fingerprint density at radius 3 is 2.75 bits per heavy atom. The Labute approximate surface area is 115 Å². The molecule has 0 radical (unpaired) electrons. The second-order valence-corrected chi connectivity index (χ2v) is 5.42. The molecule has 0 amide bonds. The van der Waals surface area contributed by atoms with E-state index in [0.29, 0.717) is 16.6 Å². The van der Waals surface area contributed by atoms with Gasteiger partial charge in [0.2, 0.25) is 0 Å². The molecule has 0 bridgehead atoms. The van der Waals surface area contributed by atoms with E-state index in [2.05, 4.69) is 24.3 Å². The second kappa shape index (κ2) is 4.91. The molecule has 9 heteroatoms. The number of fused-ring (bicyclic) bond motifs is 1. The number of rotatable bonds is 2. The molecule has 0 spiro atoms. The van der Waals surface area contributed by atoms with Gasteiger partial charge in [-0.05, 0) is 0 Å². The summed E-state index contributed by atoms with van der Waals surface area (Å²) in [6.45, 7) is -0.283. The molecule has 1 unspecified atom stereocenters. The fourth-order valence-electron chi connectivity index (χ4n) is 2.72. The second-order valence-electron chi connectivity index (χ2n) is 4.82. The summed E-state index contributed by atoms with van der Waals surface area (Å²) in [5.74, 6) is 0. The van der Waals surface area contributed by atoms with Gasteiger partial charge in [-0.15, -0.1) is 0 Å². The van der Waals surface area contributed by atoms with Gasteiger partial charge in [-0.3, -0.25) is 9.46 Å². The molecule has 8 nitrogen and oxygen atoms in total. The van der Waals surface area contributed by atoms with Crippen LogP contribution in [0.4, 0.5) is 0 Å². The van der Waals surface area contributed by atoms with Gasteiger partial charge in [0.05, 0.1) is 31.1 Å². The predicted molar refractivity (Wildman–Crippen MR) is 73.9 cm³/mol. The molecule has 3 heterocycles. The lowest BCUT2D eigenvalue weighted by Gasteiger charge is -2.23. The highest BCUT2D eigenvalue weighted by molar-refractivity contribution is 7.13. The van der Waals surface area contributed by atoms with Crippen molar-refractivity contribution in [2.75, 3.05) is 6.61 Å². The summed E-state index contributed by atoms with van der Waals surface area (Å²) in [5.41, 5.74) is 1.05. The molecule has 5 N–H and O–H groups in total. The molecular formula is C11H15N4O4P. The topological polar surface area (TPSA) is 125 Å². The van der Waals surface area contributed by atoms with Crippen LogP contribution < -0.4 is 5.56 Å². The Balaban J connectivity index is 2.12. The third-order valence-corrected chi connectivity index (χ3v) is 4.48. The number of hydrogen-bond acceptors (Lipinski definition) is 6. The van der Waals surface area contributed by atoms with Gasteiger partial charge >= 0.3 is 0 Å². The molecule has 1 aliphatic rings. The Morgan fingerprint density at radius 2 is 2.10 bits per heavy atom. The standard InChI is InChI=1S/C11H15N4O4P/c16-2-5-9(17)10(18)8(15(5)20)4-1-12-7-6(4)13-3-14-11(7)19/h1,3,5,8-10,12,16-18H,2,20H2,(H,13,14,19)/t5-,8+,9-,10+/m1/s1. The van der Waals surface area contributed by atoms with Crippen molar-refractivity contribution in [2.45, 2.75) is 24.3 Å². The number of nitrogens with zero attached hydrogens (tertiary/aromatic N) is 2.